The van der Waals surface area contributed by atoms with Crippen molar-refractivity contribution in [1.29, 1.82) is 0 Å². The highest BCUT2D eigenvalue weighted by Crippen LogP contribution is 2.14. The van der Waals surface area contributed by atoms with Crippen LogP contribution in [0.1, 0.15) is 48.0 Å². The number of pyridine rings is 2. The van der Waals surface area contributed by atoms with Crippen molar-refractivity contribution in [1.82, 2.24) is 14.9 Å². The van der Waals surface area contributed by atoms with Crippen LogP contribution in [-0.4, -0.2) is 47.3 Å². The third kappa shape index (κ3) is 6.05. The molecule has 0 spiro atoms. The van der Waals surface area contributed by atoms with Gasteiger partial charge in [0.05, 0.1) is 36.7 Å². The van der Waals surface area contributed by atoms with Gasteiger partial charge < -0.3 is 9.47 Å². The van der Waals surface area contributed by atoms with E-state index in [-0.39, 0.29) is 0 Å². The van der Waals surface area contributed by atoms with Crippen molar-refractivity contribution in [2.45, 2.75) is 19.6 Å². The van der Waals surface area contributed by atoms with Crippen molar-refractivity contribution in [3.63, 3.8) is 0 Å². The Labute approximate surface area is 185 Å². The van der Waals surface area contributed by atoms with Crippen molar-refractivity contribution >= 4 is 18.2 Å². The van der Waals surface area contributed by atoms with E-state index in [1.165, 1.54) is 26.6 Å². The zero-order valence-corrected chi connectivity index (χ0v) is 17.9. The molecule has 8 heteroatoms. The van der Waals surface area contributed by atoms with Gasteiger partial charge in [-0.15, -0.1) is 0 Å². The molecule has 0 bridgehead atoms. The molecule has 0 unspecified atom stereocenters. The molecule has 0 aliphatic carbocycles. The summed E-state index contributed by atoms with van der Waals surface area (Å²) in [4.78, 5) is 45.3. The number of ether oxygens (including phenoxy) is 2. The first-order valence-corrected chi connectivity index (χ1v) is 9.85. The molecule has 3 rings (SSSR count). The summed E-state index contributed by atoms with van der Waals surface area (Å²) in [5.41, 5.74) is 3.84. The smallest absolute Gasteiger partial charge is 0.339 e. The number of methoxy groups -OCH3 is 2. The van der Waals surface area contributed by atoms with Gasteiger partial charge in [0.15, 0.2) is 0 Å². The van der Waals surface area contributed by atoms with E-state index in [2.05, 4.69) is 14.9 Å². The van der Waals surface area contributed by atoms with Crippen LogP contribution >= 0.6 is 0 Å². The number of esters is 2. The van der Waals surface area contributed by atoms with Gasteiger partial charge in [0.2, 0.25) is 0 Å². The molecule has 0 saturated heterocycles. The SMILES string of the molecule is COC(=O)c1ccc(CN(Cc2cccc(C=O)c2)Cc2ccc(C(=O)OC)cn2)nc1. The number of aromatic nitrogens is 2. The summed E-state index contributed by atoms with van der Waals surface area (Å²) < 4.78 is 9.43. The van der Waals surface area contributed by atoms with Crippen LogP contribution in [0.15, 0.2) is 60.9 Å². The molecule has 0 amide bonds. The Kier molecular flexibility index (Phi) is 7.77. The molecular weight excluding hydrogens is 410 g/mol. The van der Waals surface area contributed by atoms with Gasteiger partial charge in [-0.3, -0.25) is 19.7 Å². The minimum Gasteiger partial charge on any atom is -0.465 e. The van der Waals surface area contributed by atoms with Crippen LogP contribution in [0.4, 0.5) is 0 Å². The van der Waals surface area contributed by atoms with Crippen LogP contribution in [0.25, 0.3) is 0 Å². The van der Waals surface area contributed by atoms with E-state index < -0.39 is 11.9 Å². The van der Waals surface area contributed by atoms with E-state index in [0.717, 1.165) is 23.2 Å². The lowest BCUT2D eigenvalue weighted by Gasteiger charge is -2.22. The number of carbonyl (C=O) groups is 3. The lowest BCUT2D eigenvalue weighted by atomic mass is 10.1. The molecule has 0 aliphatic rings. The Morgan fingerprint density at radius 2 is 1.41 bits per heavy atom. The fourth-order valence-corrected chi connectivity index (χ4v) is 3.16. The number of nitrogens with zero attached hydrogens (tertiary/aromatic N) is 3. The average Bonchev–Trinajstić information content (AvgIpc) is 2.84. The van der Waals surface area contributed by atoms with E-state index in [9.17, 15) is 14.4 Å². The molecule has 164 valence electrons. The first-order valence-electron chi connectivity index (χ1n) is 9.85. The minimum atomic E-state index is -0.443. The van der Waals surface area contributed by atoms with Crippen molar-refractivity contribution in [2.24, 2.45) is 0 Å². The van der Waals surface area contributed by atoms with Gasteiger partial charge in [-0.1, -0.05) is 18.2 Å². The van der Waals surface area contributed by atoms with Gasteiger partial charge in [-0.05, 0) is 35.9 Å². The number of benzene rings is 1. The highest BCUT2D eigenvalue weighted by Gasteiger charge is 2.13. The second kappa shape index (κ2) is 10.9. The lowest BCUT2D eigenvalue weighted by Crippen LogP contribution is -2.23. The van der Waals surface area contributed by atoms with E-state index in [1.54, 1.807) is 30.3 Å². The summed E-state index contributed by atoms with van der Waals surface area (Å²) in [6, 6.07) is 14.3. The van der Waals surface area contributed by atoms with E-state index in [4.69, 9.17) is 9.47 Å². The van der Waals surface area contributed by atoms with Crippen molar-refractivity contribution in [3.8, 4) is 0 Å². The van der Waals surface area contributed by atoms with Crippen molar-refractivity contribution in [2.75, 3.05) is 14.2 Å². The second-order valence-corrected chi connectivity index (χ2v) is 7.07. The first-order chi connectivity index (χ1) is 15.5. The zero-order valence-electron chi connectivity index (χ0n) is 17.9. The Morgan fingerprint density at radius 1 is 0.844 bits per heavy atom. The fraction of sp³-hybridized carbons (Fsp3) is 0.208. The van der Waals surface area contributed by atoms with Gasteiger partial charge in [0, 0.05) is 37.6 Å². The number of carbonyl (C=O) groups excluding carboxylic acids is 3. The Morgan fingerprint density at radius 3 is 1.84 bits per heavy atom. The fourth-order valence-electron chi connectivity index (χ4n) is 3.16. The predicted octanol–water partition coefficient (Wildman–Crippen LogP) is 3.06. The lowest BCUT2D eigenvalue weighted by molar-refractivity contribution is 0.0591. The van der Waals surface area contributed by atoms with Gasteiger partial charge in [-0.2, -0.15) is 0 Å². The summed E-state index contributed by atoms with van der Waals surface area (Å²) >= 11 is 0. The number of aldehydes is 1. The van der Waals surface area contributed by atoms with E-state index >= 15 is 0 Å². The maximum atomic E-state index is 11.6. The highest BCUT2D eigenvalue weighted by atomic mass is 16.5. The summed E-state index contributed by atoms with van der Waals surface area (Å²) in [5.74, 6) is -0.886. The van der Waals surface area contributed by atoms with Crippen LogP contribution in [0.3, 0.4) is 0 Å². The number of hydrogen-bond donors (Lipinski definition) is 0. The molecule has 0 saturated carbocycles. The summed E-state index contributed by atoms with van der Waals surface area (Å²) in [6.45, 7) is 1.50. The second-order valence-electron chi connectivity index (χ2n) is 7.07. The topological polar surface area (TPSA) is 98.7 Å². The Hall–Kier alpha value is -3.91. The van der Waals surface area contributed by atoms with Crippen molar-refractivity contribution in [3.05, 3.63) is 94.6 Å². The molecule has 0 radical (unpaired) electrons. The monoisotopic (exact) mass is 433 g/mol. The molecule has 0 fully saturated rings. The first kappa shape index (κ1) is 22.8. The number of hydrogen-bond acceptors (Lipinski definition) is 8. The third-order valence-corrected chi connectivity index (χ3v) is 4.76. The molecule has 3 aromatic rings. The highest BCUT2D eigenvalue weighted by molar-refractivity contribution is 5.89. The molecule has 2 heterocycles. The quantitative estimate of drug-likeness (QED) is 0.375. The summed E-state index contributed by atoms with van der Waals surface area (Å²) in [6.07, 6.45) is 3.78. The van der Waals surface area contributed by atoms with Crippen LogP contribution in [0, 0.1) is 0 Å². The third-order valence-electron chi connectivity index (χ3n) is 4.76. The van der Waals surface area contributed by atoms with Crippen LogP contribution in [-0.2, 0) is 29.1 Å². The van der Waals surface area contributed by atoms with Gasteiger partial charge in [-0.25, -0.2) is 9.59 Å². The van der Waals surface area contributed by atoms with Gasteiger partial charge in [0.25, 0.3) is 0 Å². The molecule has 32 heavy (non-hydrogen) atoms. The molecular formula is C24H23N3O5. The molecule has 8 nitrogen and oxygen atoms in total. The average molecular weight is 433 g/mol. The predicted molar refractivity (Wildman–Crippen MR) is 116 cm³/mol. The van der Waals surface area contributed by atoms with E-state index in [1.807, 2.05) is 18.2 Å². The number of rotatable bonds is 9. The van der Waals surface area contributed by atoms with Crippen molar-refractivity contribution < 1.29 is 23.9 Å². The minimum absolute atomic E-state index is 0.376. The van der Waals surface area contributed by atoms with Gasteiger partial charge in [0.1, 0.15) is 6.29 Å². The zero-order chi connectivity index (χ0) is 22.9. The largest absolute Gasteiger partial charge is 0.465 e. The van der Waals surface area contributed by atoms with Crippen LogP contribution in [0.5, 0.6) is 0 Å². The molecule has 0 atom stereocenters. The molecule has 2 aromatic heterocycles. The van der Waals surface area contributed by atoms with Gasteiger partial charge >= 0.3 is 11.9 Å². The summed E-state index contributed by atoms with van der Waals surface area (Å²) in [7, 11) is 2.65. The van der Waals surface area contributed by atoms with Crippen LogP contribution < -0.4 is 0 Å². The normalized spacial score (nSPS) is 10.6. The molecule has 1 aromatic carbocycles. The Balaban J connectivity index is 1.80. The standard InChI is InChI=1S/C24H23N3O5/c1-31-23(29)19-6-8-21(25-11-19)14-27(13-17-4-3-5-18(10-17)16-28)15-22-9-7-20(12-26-22)24(30)32-2/h3-12,16H,13-15H2,1-2H3. The summed E-state index contributed by atoms with van der Waals surface area (Å²) in [5, 5.41) is 0. The maximum absolute atomic E-state index is 11.6. The van der Waals surface area contributed by atoms with Crippen LogP contribution in [0.2, 0.25) is 0 Å². The molecule has 0 aliphatic heterocycles. The molecule has 0 N–H and O–H groups in total. The van der Waals surface area contributed by atoms with E-state index in [0.29, 0.717) is 36.3 Å². The Bertz CT molecular complexity index is 1020. The maximum Gasteiger partial charge on any atom is 0.339 e.